The molecule has 1 N–H and O–H groups in total. The lowest BCUT2D eigenvalue weighted by atomic mass is 10.0. The summed E-state index contributed by atoms with van der Waals surface area (Å²) in [5.41, 5.74) is 4.13. The average molecular weight is 338 g/mol. The Kier molecular flexibility index (Phi) is 4.13. The van der Waals surface area contributed by atoms with Crippen LogP contribution in [0.15, 0.2) is 29.2 Å². The molecule has 0 spiro atoms. The van der Waals surface area contributed by atoms with Crippen LogP contribution in [0.5, 0.6) is 0 Å². The van der Waals surface area contributed by atoms with Crippen molar-refractivity contribution in [2.45, 2.75) is 39.2 Å². The SMILES string of the molecule is Cc1cc(C)cc(Cc2nc3c(cnn3C3CCOCC3)c(=O)[nH]2)c1. The third-order valence-corrected chi connectivity index (χ3v) is 4.70. The first-order chi connectivity index (χ1) is 12.1. The number of ether oxygens (including phenoxy) is 1. The van der Waals surface area contributed by atoms with E-state index in [4.69, 9.17) is 9.72 Å². The summed E-state index contributed by atoms with van der Waals surface area (Å²) in [6.07, 6.45) is 4.03. The first-order valence-corrected chi connectivity index (χ1v) is 8.71. The van der Waals surface area contributed by atoms with Crippen LogP contribution in [-0.2, 0) is 11.2 Å². The van der Waals surface area contributed by atoms with Crippen molar-refractivity contribution in [3.05, 3.63) is 57.3 Å². The summed E-state index contributed by atoms with van der Waals surface area (Å²) < 4.78 is 7.33. The van der Waals surface area contributed by atoms with E-state index in [1.807, 2.05) is 4.68 Å². The molecule has 1 aromatic carbocycles. The van der Waals surface area contributed by atoms with E-state index in [9.17, 15) is 4.79 Å². The second-order valence-electron chi connectivity index (χ2n) is 6.86. The summed E-state index contributed by atoms with van der Waals surface area (Å²) in [6.45, 7) is 5.61. The second-order valence-corrected chi connectivity index (χ2v) is 6.86. The van der Waals surface area contributed by atoms with Crippen molar-refractivity contribution in [1.82, 2.24) is 19.7 Å². The largest absolute Gasteiger partial charge is 0.381 e. The molecule has 1 aliphatic rings. The summed E-state index contributed by atoms with van der Waals surface area (Å²) >= 11 is 0. The highest BCUT2D eigenvalue weighted by Crippen LogP contribution is 2.23. The summed E-state index contributed by atoms with van der Waals surface area (Å²) in [7, 11) is 0. The number of aromatic amines is 1. The number of rotatable bonds is 3. The Morgan fingerprint density at radius 2 is 1.92 bits per heavy atom. The molecular formula is C19H22N4O2. The predicted molar refractivity (Wildman–Crippen MR) is 96.0 cm³/mol. The van der Waals surface area contributed by atoms with Gasteiger partial charge in [0.05, 0.1) is 12.2 Å². The van der Waals surface area contributed by atoms with Crippen LogP contribution in [0.2, 0.25) is 0 Å². The van der Waals surface area contributed by atoms with Gasteiger partial charge >= 0.3 is 0 Å². The van der Waals surface area contributed by atoms with Crippen molar-refractivity contribution < 1.29 is 4.74 Å². The fourth-order valence-electron chi connectivity index (χ4n) is 3.63. The van der Waals surface area contributed by atoms with Crippen LogP contribution < -0.4 is 5.56 Å². The van der Waals surface area contributed by atoms with Crippen LogP contribution in [0.3, 0.4) is 0 Å². The Balaban J connectivity index is 1.73. The Bertz CT molecular complexity index is 947. The molecule has 4 rings (SSSR count). The normalized spacial score (nSPS) is 15.8. The van der Waals surface area contributed by atoms with E-state index < -0.39 is 0 Å². The first kappa shape index (κ1) is 16.0. The Hall–Kier alpha value is -2.47. The zero-order valence-electron chi connectivity index (χ0n) is 14.6. The molecular weight excluding hydrogens is 316 g/mol. The van der Waals surface area contributed by atoms with E-state index in [0.29, 0.717) is 23.3 Å². The van der Waals surface area contributed by atoms with Gasteiger partial charge in [-0.3, -0.25) is 4.79 Å². The van der Waals surface area contributed by atoms with Crippen LogP contribution in [0.25, 0.3) is 11.0 Å². The molecule has 0 saturated carbocycles. The average Bonchev–Trinajstić information content (AvgIpc) is 2.99. The molecule has 130 valence electrons. The minimum Gasteiger partial charge on any atom is -0.381 e. The highest BCUT2D eigenvalue weighted by atomic mass is 16.5. The molecule has 6 nitrogen and oxygen atoms in total. The standard InChI is InChI=1S/C19H22N4O2/c1-12-7-13(2)9-14(8-12)10-17-21-18-16(19(24)22-17)11-20-23(18)15-3-5-25-6-4-15/h7-9,11,15H,3-6,10H2,1-2H3,(H,21,22,24). The van der Waals surface area contributed by atoms with Crippen LogP contribution in [0.4, 0.5) is 0 Å². The van der Waals surface area contributed by atoms with E-state index in [2.05, 4.69) is 42.1 Å². The van der Waals surface area contributed by atoms with Gasteiger partial charge < -0.3 is 9.72 Å². The zero-order chi connectivity index (χ0) is 17.4. The van der Waals surface area contributed by atoms with Gasteiger partial charge in [0.15, 0.2) is 5.65 Å². The fraction of sp³-hybridized carbons (Fsp3) is 0.421. The van der Waals surface area contributed by atoms with Crippen LogP contribution >= 0.6 is 0 Å². The van der Waals surface area contributed by atoms with Crippen molar-refractivity contribution in [3.8, 4) is 0 Å². The van der Waals surface area contributed by atoms with Crippen LogP contribution in [-0.4, -0.2) is 33.0 Å². The van der Waals surface area contributed by atoms with Crippen LogP contribution in [0.1, 0.15) is 41.4 Å². The molecule has 0 amide bonds. The van der Waals surface area contributed by atoms with Gasteiger partial charge in [-0.15, -0.1) is 0 Å². The van der Waals surface area contributed by atoms with Gasteiger partial charge in [-0.25, -0.2) is 9.67 Å². The Labute approximate surface area is 145 Å². The lowest BCUT2D eigenvalue weighted by Crippen LogP contribution is -2.21. The second kappa shape index (κ2) is 6.44. The number of nitrogens with one attached hydrogen (secondary N) is 1. The van der Waals surface area contributed by atoms with E-state index in [-0.39, 0.29) is 11.6 Å². The molecule has 0 radical (unpaired) electrons. The molecule has 0 bridgehead atoms. The number of nitrogens with zero attached hydrogens (tertiary/aromatic N) is 3. The van der Waals surface area contributed by atoms with Crippen molar-refractivity contribution >= 4 is 11.0 Å². The molecule has 0 aliphatic carbocycles. The maximum Gasteiger partial charge on any atom is 0.262 e. The maximum atomic E-state index is 12.4. The minimum absolute atomic E-state index is 0.123. The monoisotopic (exact) mass is 338 g/mol. The predicted octanol–water partition coefficient (Wildman–Crippen LogP) is 2.68. The minimum atomic E-state index is -0.123. The molecule has 6 heteroatoms. The lowest BCUT2D eigenvalue weighted by Gasteiger charge is -2.22. The van der Waals surface area contributed by atoms with Gasteiger partial charge in [-0.1, -0.05) is 29.3 Å². The third kappa shape index (κ3) is 3.22. The van der Waals surface area contributed by atoms with Crippen molar-refractivity contribution in [1.29, 1.82) is 0 Å². The summed E-state index contributed by atoms with van der Waals surface area (Å²) in [5, 5.41) is 4.99. The van der Waals surface area contributed by atoms with E-state index in [1.54, 1.807) is 6.20 Å². The zero-order valence-corrected chi connectivity index (χ0v) is 14.6. The number of hydrogen-bond acceptors (Lipinski definition) is 4. The molecule has 3 heterocycles. The van der Waals surface area contributed by atoms with E-state index >= 15 is 0 Å². The number of aromatic nitrogens is 4. The van der Waals surface area contributed by atoms with Gasteiger partial charge in [-0.2, -0.15) is 5.10 Å². The Morgan fingerprint density at radius 3 is 2.64 bits per heavy atom. The maximum absolute atomic E-state index is 12.4. The Morgan fingerprint density at radius 1 is 1.20 bits per heavy atom. The lowest BCUT2D eigenvalue weighted by molar-refractivity contribution is 0.0673. The molecule has 2 aromatic heterocycles. The molecule has 25 heavy (non-hydrogen) atoms. The van der Waals surface area contributed by atoms with Crippen molar-refractivity contribution in [2.24, 2.45) is 0 Å². The molecule has 3 aromatic rings. The van der Waals surface area contributed by atoms with E-state index in [0.717, 1.165) is 31.6 Å². The number of hydrogen-bond donors (Lipinski definition) is 1. The van der Waals surface area contributed by atoms with Crippen molar-refractivity contribution in [2.75, 3.05) is 13.2 Å². The van der Waals surface area contributed by atoms with E-state index in [1.165, 1.54) is 11.1 Å². The number of aryl methyl sites for hydroxylation is 2. The van der Waals surface area contributed by atoms with Gasteiger partial charge in [-0.05, 0) is 32.3 Å². The van der Waals surface area contributed by atoms with Gasteiger partial charge in [0.2, 0.25) is 0 Å². The fourth-order valence-corrected chi connectivity index (χ4v) is 3.63. The quantitative estimate of drug-likeness (QED) is 0.797. The van der Waals surface area contributed by atoms with Gasteiger partial charge in [0.25, 0.3) is 5.56 Å². The molecule has 0 unspecified atom stereocenters. The summed E-state index contributed by atoms with van der Waals surface area (Å²) in [4.78, 5) is 20.1. The molecule has 0 atom stereocenters. The first-order valence-electron chi connectivity index (χ1n) is 8.71. The van der Waals surface area contributed by atoms with Crippen molar-refractivity contribution in [3.63, 3.8) is 0 Å². The highest BCUT2D eigenvalue weighted by molar-refractivity contribution is 5.73. The third-order valence-electron chi connectivity index (χ3n) is 4.70. The highest BCUT2D eigenvalue weighted by Gasteiger charge is 2.20. The summed E-state index contributed by atoms with van der Waals surface area (Å²) in [6, 6.07) is 6.65. The molecule has 1 saturated heterocycles. The topological polar surface area (TPSA) is 72.8 Å². The number of benzene rings is 1. The number of fused-ring (bicyclic) bond motifs is 1. The van der Waals surface area contributed by atoms with Gasteiger partial charge in [0.1, 0.15) is 11.2 Å². The molecule has 1 aliphatic heterocycles. The summed E-state index contributed by atoms with van der Waals surface area (Å²) in [5.74, 6) is 0.677. The molecule has 1 fully saturated rings. The smallest absolute Gasteiger partial charge is 0.262 e. The van der Waals surface area contributed by atoms with Gasteiger partial charge in [0, 0.05) is 19.6 Å². The van der Waals surface area contributed by atoms with Crippen LogP contribution in [0, 0.1) is 13.8 Å². The number of H-pyrrole nitrogens is 1.